The maximum absolute atomic E-state index is 10.5. The summed E-state index contributed by atoms with van der Waals surface area (Å²) in [5, 5.41) is 11.0. The average molecular weight is 288 g/mol. The van der Waals surface area contributed by atoms with Gasteiger partial charge in [-0.2, -0.15) is 0 Å². The maximum Gasteiger partial charge on any atom is 0.309 e. The highest BCUT2D eigenvalue weighted by molar-refractivity contribution is 9.10. The predicted octanol–water partition coefficient (Wildman–Crippen LogP) is 2.79. The highest BCUT2D eigenvalue weighted by Crippen LogP contribution is 2.27. The minimum Gasteiger partial charge on any atom is -0.481 e. The molecule has 0 atom stereocenters. The van der Waals surface area contributed by atoms with Crippen LogP contribution in [0.1, 0.15) is 5.69 Å². The van der Waals surface area contributed by atoms with Crippen LogP contribution in [-0.4, -0.2) is 16.1 Å². The molecule has 0 fully saturated rings. The van der Waals surface area contributed by atoms with E-state index < -0.39 is 5.97 Å². The SMILES string of the molecule is O=C(O)Cc1csc(-c2ccc(Br)o2)n1. The molecule has 2 aromatic heterocycles. The fourth-order valence-electron chi connectivity index (χ4n) is 1.09. The molecule has 0 spiro atoms. The summed E-state index contributed by atoms with van der Waals surface area (Å²) in [4.78, 5) is 14.6. The minimum atomic E-state index is -0.882. The second-order valence-electron chi connectivity index (χ2n) is 2.82. The van der Waals surface area contributed by atoms with E-state index in [-0.39, 0.29) is 6.42 Å². The van der Waals surface area contributed by atoms with Crippen molar-refractivity contribution in [3.8, 4) is 10.8 Å². The molecule has 4 nitrogen and oxygen atoms in total. The second kappa shape index (κ2) is 4.16. The van der Waals surface area contributed by atoms with Gasteiger partial charge in [0, 0.05) is 5.38 Å². The average Bonchev–Trinajstić information content (AvgIpc) is 2.72. The molecule has 78 valence electrons. The van der Waals surface area contributed by atoms with E-state index in [4.69, 9.17) is 9.52 Å². The summed E-state index contributed by atoms with van der Waals surface area (Å²) in [7, 11) is 0. The Morgan fingerprint density at radius 3 is 3.00 bits per heavy atom. The van der Waals surface area contributed by atoms with Gasteiger partial charge in [-0.15, -0.1) is 11.3 Å². The van der Waals surface area contributed by atoms with Gasteiger partial charge in [-0.25, -0.2) is 4.98 Å². The number of carboxylic acid groups (broad SMARTS) is 1. The largest absolute Gasteiger partial charge is 0.481 e. The number of aliphatic carboxylic acids is 1. The maximum atomic E-state index is 10.5. The first-order valence-electron chi connectivity index (χ1n) is 4.07. The number of nitrogens with zero attached hydrogens (tertiary/aromatic N) is 1. The Hall–Kier alpha value is -1.14. The molecule has 0 bridgehead atoms. The zero-order chi connectivity index (χ0) is 10.8. The van der Waals surface area contributed by atoms with Crippen molar-refractivity contribution in [2.24, 2.45) is 0 Å². The van der Waals surface area contributed by atoms with Crippen LogP contribution in [-0.2, 0) is 11.2 Å². The summed E-state index contributed by atoms with van der Waals surface area (Å²) >= 11 is 4.56. The molecule has 0 aromatic carbocycles. The number of carboxylic acids is 1. The fourth-order valence-corrected chi connectivity index (χ4v) is 2.17. The number of hydrogen-bond acceptors (Lipinski definition) is 4. The Labute approximate surface area is 97.7 Å². The molecule has 0 aliphatic heterocycles. The van der Waals surface area contributed by atoms with Crippen LogP contribution in [0.2, 0.25) is 0 Å². The molecule has 0 aliphatic carbocycles. The van der Waals surface area contributed by atoms with Crippen LogP contribution < -0.4 is 0 Å². The van der Waals surface area contributed by atoms with E-state index in [2.05, 4.69) is 20.9 Å². The third-order valence-electron chi connectivity index (χ3n) is 1.67. The molecule has 1 N–H and O–H groups in total. The highest BCUT2D eigenvalue weighted by atomic mass is 79.9. The Kier molecular flexibility index (Phi) is 2.88. The summed E-state index contributed by atoms with van der Waals surface area (Å²) in [6.07, 6.45) is -0.0572. The molecule has 0 saturated carbocycles. The zero-order valence-corrected chi connectivity index (χ0v) is 9.84. The van der Waals surface area contributed by atoms with Gasteiger partial charge in [0.15, 0.2) is 15.4 Å². The lowest BCUT2D eigenvalue weighted by atomic mass is 10.3. The number of furan rings is 1. The number of carbonyl (C=O) groups is 1. The van der Waals surface area contributed by atoms with E-state index in [9.17, 15) is 4.79 Å². The van der Waals surface area contributed by atoms with Crippen molar-refractivity contribution in [2.75, 3.05) is 0 Å². The van der Waals surface area contributed by atoms with E-state index in [1.807, 2.05) is 0 Å². The Bertz CT molecular complexity index is 491. The van der Waals surface area contributed by atoms with Gasteiger partial charge in [-0.1, -0.05) is 0 Å². The normalized spacial score (nSPS) is 10.5. The number of aromatic nitrogens is 1. The van der Waals surface area contributed by atoms with Gasteiger partial charge < -0.3 is 9.52 Å². The van der Waals surface area contributed by atoms with Crippen molar-refractivity contribution >= 4 is 33.2 Å². The van der Waals surface area contributed by atoms with Crippen LogP contribution in [0.5, 0.6) is 0 Å². The van der Waals surface area contributed by atoms with Gasteiger partial charge >= 0.3 is 5.97 Å². The van der Waals surface area contributed by atoms with Gasteiger partial charge in [0.25, 0.3) is 0 Å². The molecule has 2 rings (SSSR count). The zero-order valence-electron chi connectivity index (χ0n) is 7.44. The standard InChI is InChI=1S/C9H6BrNO3S/c10-7-2-1-6(14-7)9-11-5(4-15-9)3-8(12)13/h1-2,4H,3H2,(H,12,13). The van der Waals surface area contributed by atoms with Crippen molar-refractivity contribution in [1.82, 2.24) is 4.98 Å². The second-order valence-corrected chi connectivity index (χ2v) is 4.46. The van der Waals surface area contributed by atoms with Crippen LogP contribution in [0.15, 0.2) is 26.6 Å². The van der Waals surface area contributed by atoms with E-state index in [0.717, 1.165) is 0 Å². The summed E-state index contributed by atoms with van der Waals surface area (Å²) < 4.78 is 5.94. The lowest BCUT2D eigenvalue weighted by molar-refractivity contribution is -0.136. The van der Waals surface area contributed by atoms with Gasteiger partial charge in [0.05, 0.1) is 12.1 Å². The first-order chi connectivity index (χ1) is 7.15. The molecule has 2 aromatic rings. The van der Waals surface area contributed by atoms with Gasteiger partial charge in [0.2, 0.25) is 0 Å². The van der Waals surface area contributed by atoms with Crippen LogP contribution >= 0.6 is 27.3 Å². The summed E-state index contributed by atoms with van der Waals surface area (Å²) in [6, 6.07) is 3.56. The van der Waals surface area contributed by atoms with Crippen LogP contribution in [0.4, 0.5) is 0 Å². The minimum absolute atomic E-state index is 0.0572. The first kappa shape index (κ1) is 10.4. The summed E-state index contributed by atoms with van der Waals surface area (Å²) in [6.45, 7) is 0. The van der Waals surface area contributed by atoms with Crippen molar-refractivity contribution in [2.45, 2.75) is 6.42 Å². The van der Waals surface area contributed by atoms with Crippen LogP contribution in [0.3, 0.4) is 0 Å². The Balaban J connectivity index is 2.23. The van der Waals surface area contributed by atoms with Gasteiger partial charge in [-0.3, -0.25) is 4.79 Å². The molecule has 2 heterocycles. The van der Waals surface area contributed by atoms with Crippen molar-refractivity contribution in [1.29, 1.82) is 0 Å². The van der Waals surface area contributed by atoms with E-state index in [1.54, 1.807) is 17.5 Å². The third kappa shape index (κ3) is 2.45. The van der Waals surface area contributed by atoms with E-state index in [1.165, 1.54) is 11.3 Å². The quantitative estimate of drug-likeness (QED) is 0.943. The summed E-state index contributed by atoms with van der Waals surface area (Å²) in [5.41, 5.74) is 0.551. The lowest BCUT2D eigenvalue weighted by Gasteiger charge is -1.88. The number of halogens is 1. The molecular formula is C9H6BrNO3S. The predicted molar refractivity (Wildman–Crippen MR) is 58.9 cm³/mol. The van der Waals surface area contributed by atoms with Crippen LogP contribution in [0, 0.1) is 0 Å². The van der Waals surface area contributed by atoms with Crippen LogP contribution in [0.25, 0.3) is 10.8 Å². The Morgan fingerprint density at radius 1 is 1.60 bits per heavy atom. The number of thiazole rings is 1. The number of hydrogen-bond donors (Lipinski definition) is 1. The molecule has 0 amide bonds. The van der Waals surface area contributed by atoms with Gasteiger partial charge in [0.1, 0.15) is 0 Å². The Morgan fingerprint density at radius 2 is 2.40 bits per heavy atom. The fraction of sp³-hybridized carbons (Fsp3) is 0.111. The topological polar surface area (TPSA) is 63.3 Å². The van der Waals surface area contributed by atoms with Crippen molar-refractivity contribution in [3.63, 3.8) is 0 Å². The molecule has 6 heteroatoms. The molecule has 0 aliphatic rings. The molecule has 0 unspecified atom stereocenters. The van der Waals surface area contributed by atoms with Gasteiger partial charge in [-0.05, 0) is 28.1 Å². The molecule has 15 heavy (non-hydrogen) atoms. The monoisotopic (exact) mass is 287 g/mol. The summed E-state index contributed by atoms with van der Waals surface area (Å²) in [5.74, 6) is -0.240. The third-order valence-corrected chi connectivity index (χ3v) is 3.00. The molecule has 0 saturated heterocycles. The van der Waals surface area contributed by atoms with E-state index in [0.29, 0.717) is 21.1 Å². The first-order valence-corrected chi connectivity index (χ1v) is 5.74. The molecular weight excluding hydrogens is 282 g/mol. The lowest BCUT2D eigenvalue weighted by Crippen LogP contribution is -1.99. The smallest absolute Gasteiger partial charge is 0.309 e. The van der Waals surface area contributed by atoms with Crippen molar-refractivity contribution in [3.05, 3.63) is 27.9 Å². The van der Waals surface area contributed by atoms with E-state index >= 15 is 0 Å². The highest BCUT2D eigenvalue weighted by Gasteiger charge is 2.10. The molecule has 0 radical (unpaired) electrons. The van der Waals surface area contributed by atoms with Crippen molar-refractivity contribution < 1.29 is 14.3 Å². The number of rotatable bonds is 3.